The van der Waals surface area contributed by atoms with E-state index in [0.29, 0.717) is 51.8 Å². The van der Waals surface area contributed by atoms with Crippen LogP contribution < -0.4 is 5.32 Å². The minimum atomic E-state index is -0.504. The number of carbonyl (C=O) groups excluding carboxylic acids is 1. The molecule has 2 atom stereocenters. The number of carbonyl (C=O) groups is 1. The summed E-state index contributed by atoms with van der Waals surface area (Å²) in [5.74, 6) is 1.11. The Morgan fingerprint density at radius 1 is 1.24 bits per heavy atom. The summed E-state index contributed by atoms with van der Waals surface area (Å²) in [6.45, 7) is 2.87. The minimum absolute atomic E-state index is 0.191. The fraction of sp³-hybridized carbons (Fsp3) is 0.304. The fourth-order valence-corrected chi connectivity index (χ4v) is 4.55. The molecular formula is C23H22Cl2N6O2. The lowest BCUT2D eigenvalue weighted by atomic mass is 10.1. The molecule has 1 aliphatic heterocycles. The first-order valence-corrected chi connectivity index (χ1v) is 11.5. The molecule has 0 bridgehead atoms. The first kappa shape index (κ1) is 21.9. The van der Waals surface area contributed by atoms with Gasteiger partial charge in [-0.2, -0.15) is 0 Å². The second-order valence-corrected chi connectivity index (χ2v) is 9.11. The molecule has 8 nitrogen and oxygen atoms in total. The molecule has 170 valence electrons. The predicted octanol–water partition coefficient (Wildman–Crippen LogP) is 4.58. The maximum absolute atomic E-state index is 13.0. The van der Waals surface area contributed by atoms with Crippen molar-refractivity contribution in [3.63, 3.8) is 0 Å². The van der Waals surface area contributed by atoms with Gasteiger partial charge in [0.2, 0.25) is 0 Å². The van der Waals surface area contributed by atoms with Crippen molar-refractivity contribution in [3.05, 3.63) is 58.1 Å². The van der Waals surface area contributed by atoms with Gasteiger partial charge in [-0.25, -0.2) is 15.0 Å². The number of rotatable bonds is 4. The van der Waals surface area contributed by atoms with E-state index in [9.17, 15) is 9.90 Å². The van der Waals surface area contributed by atoms with Gasteiger partial charge in [0.25, 0.3) is 5.91 Å². The highest BCUT2D eigenvalue weighted by Gasteiger charge is 2.25. The third kappa shape index (κ3) is 4.34. The van der Waals surface area contributed by atoms with Crippen molar-refractivity contribution < 1.29 is 9.90 Å². The summed E-state index contributed by atoms with van der Waals surface area (Å²) >= 11 is 12.6. The zero-order chi connectivity index (χ0) is 23.1. The van der Waals surface area contributed by atoms with Gasteiger partial charge in [0.05, 0.1) is 39.3 Å². The molecular weight excluding hydrogens is 463 g/mol. The normalized spacial score (nSPS) is 17.5. The number of aliphatic hydroxyl groups is 1. The van der Waals surface area contributed by atoms with Crippen LogP contribution in [0.2, 0.25) is 10.0 Å². The molecule has 0 radical (unpaired) electrons. The van der Waals surface area contributed by atoms with E-state index in [0.717, 1.165) is 23.3 Å². The summed E-state index contributed by atoms with van der Waals surface area (Å²) in [5, 5.41) is 14.9. The summed E-state index contributed by atoms with van der Waals surface area (Å²) in [5.41, 5.74) is 2.64. The molecule has 2 aromatic carbocycles. The summed E-state index contributed by atoms with van der Waals surface area (Å²) in [4.78, 5) is 31.3. The average Bonchev–Trinajstić information content (AvgIpc) is 3.22. The Kier molecular flexibility index (Phi) is 5.82. The van der Waals surface area contributed by atoms with Crippen molar-refractivity contribution in [2.24, 2.45) is 0 Å². The highest BCUT2D eigenvalue weighted by atomic mass is 35.5. The van der Waals surface area contributed by atoms with Crippen LogP contribution in [0.15, 0.2) is 36.7 Å². The van der Waals surface area contributed by atoms with Crippen LogP contribution in [0.25, 0.3) is 21.9 Å². The number of fused-ring (bicyclic) bond motifs is 2. The van der Waals surface area contributed by atoms with Gasteiger partial charge >= 0.3 is 0 Å². The van der Waals surface area contributed by atoms with Crippen molar-refractivity contribution >= 4 is 56.9 Å². The topological polar surface area (TPSA) is 107 Å². The summed E-state index contributed by atoms with van der Waals surface area (Å²) in [7, 11) is 0. The van der Waals surface area contributed by atoms with Crippen LogP contribution in [0.4, 0.5) is 5.82 Å². The monoisotopic (exact) mass is 484 g/mol. The van der Waals surface area contributed by atoms with E-state index in [1.807, 2.05) is 25.1 Å². The van der Waals surface area contributed by atoms with Gasteiger partial charge in [0.1, 0.15) is 18.0 Å². The second kappa shape index (κ2) is 8.78. The van der Waals surface area contributed by atoms with Crippen LogP contribution >= 0.6 is 23.2 Å². The third-order valence-corrected chi connectivity index (χ3v) is 6.41. The van der Waals surface area contributed by atoms with E-state index in [2.05, 4.69) is 25.3 Å². The highest BCUT2D eigenvalue weighted by molar-refractivity contribution is 6.35. The zero-order valence-corrected chi connectivity index (χ0v) is 19.4. The molecule has 5 rings (SSSR count). The Balaban J connectivity index is 1.44. The molecule has 2 unspecified atom stereocenters. The molecule has 1 saturated heterocycles. The number of aromatic amines is 1. The molecule has 3 heterocycles. The maximum Gasteiger partial charge on any atom is 0.255 e. The van der Waals surface area contributed by atoms with Crippen molar-refractivity contribution in [2.45, 2.75) is 31.9 Å². The van der Waals surface area contributed by atoms with Gasteiger partial charge in [-0.05, 0) is 50.1 Å². The number of nitrogens with one attached hydrogen (secondary N) is 2. The number of benzene rings is 2. The number of β-amino-alcohol motifs (C(OH)–C–C–N with tert-alkyl or cyclic N) is 1. The summed E-state index contributed by atoms with van der Waals surface area (Å²) in [6, 6.07) is 8.71. The molecule has 1 aliphatic rings. The number of aromatic nitrogens is 4. The Labute approximate surface area is 200 Å². The zero-order valence-electron chi connectivity index (χ0n) is 17.8. The highest BCUT2D eigenvalue weighted by Crippen LogP contribution is 2.30. The quantitative estimate of drug-likeness (QED) is 0.391. The van der Waals surface area contributed by atoms with E-state index in [4.69, 9.17) is 23.2 Å². The van der Waals surface area contributed by atoms with E-state index in [1.165, 1.54) is 6.33 Å². The molecule has 33 heavy (non-hydrogen) atoms. The molecule has 2 aromatic heterocycles. The van der Waals surface area contributed by atoms with Gasteiger partial charge in [-0.15, -0.1) is 0 Å². The Bertz CT molecular complexity index is 1360. The molecule has 1 fully saturated rings. The molecule has 1 amide bonds. The molecule has 0 saturated carbocycles. The number of likely N-dealkylation sites (tertiary alicyclic amines) is 1. The SMILES string of the molecule is CC(Nc1ncnc2cc(C(=O)N3CCCC(O)C3)c(Cl)cc12)c1nc2cc(Cl)ccc2[nH]1. The van der Waals surface area contributed by atoms with E-state index < -0.39 is 6.10 Å². The van der Waals surface area contributed by atoms with Crippen LogP contribution in [-0.2, 0) is 0 Å². The van der Waals surface area contributed by atoms with Crippen molar-refractivity contribution in [2.75, 3.05) is 18.4 Å². The van der Waals surface area contributed by atoms with Crippen LogP contribution in [0.3, 0.4) is 0 Å². The van der Waals surface area contributed by atoms with Gasteiger partial charge in [0.15, 0.2) is 0 Å². The lowest BCUT2D eigenvalue weighted by Gasteiger charge is -2.30. The number of hydrogen-bond donors (Lipinski definition) is 3. The molecule has 10 heteroatoms. The number of anilines is 1. The first-order chi connectivity index (χ1) is 15.9. The molecule has 0 aliphatic carbocycles. The third-order valence-electron chi connectivity index (χ3n) is 5.87. The number of nitrogens with zero attached hydrogens (tertiary/aromatic N) is 4. The second-order valence-electron chi connectivity index (χ2n) is 8.27. The van der Waals surface area contributed by atoms with E-state index in [1.54, 1.807) is 17.0 Å². The van der Waals surface area contributed by atoms with Crippen LogP contribution in [-0.4, -0.2) is 55.0 Å². The number of amides is 1. The van der Waals surface area contributed by atoms with Gasteiger partial charge in [-0.3, -0.25) is 4.79 Å². The van der Waals surface area contributed by atoms with Gasteiger partial charge in [0, 0.05) is 23.5 Å². The summed E-state index contributed by atoms with van der Waals surface area (Å²) < 4.78 is 0. The van der Waals surface area contributed by atoms with Gasteiger partial charge in [-0.1, -0.05) is 23.2 Å². The van der Waals surface area contributed by atoms with Crippen molar-refractivity contribution in [1.29, 1.82) is 0 Å². The number of H-pyrrole nitrogens is 1. The number of piperidine rings is 1. The first-order valence-electron chi connectivity index (χ1n) is 10.7. The predicted molar refractivity (Wildman–Crippen MR) is 129 cm³/mol. The molecule has 3 N–H and O–H groups in total. The van der Waals surface area contributed by atoms with Crippen LogP contribution in [0, 0.1) is 0 Å². The fourth-order valence-electron chi connectivity index (χ4n) is 4.14. The van der Waals surface area contributed by atoms with Crippen molar-refractivity contribution in [1.82, 2.24) is 24.8 Å². The maximum atomic E-state index is 13.0. The Hall–Kier alpha value is -2.94. The van der Waals surface area contributed by atoms with Crippen LogP contribution in [0.5, 0.6) is 0 Å². The Morgan fingerprint density at radius 2 is 2.09 bits per heavy atom. The number of imidazole rings is 1. The number of hydrogen-bond acceptors (Lipinski definition) is 6. The summed E-state index contributed by atoms with van der Waals surface area (Å²) in [6.07, 6.45) is 2.41. The smallest absolute Gasteiger partial charge is 0.255 e. The molecule has 0 spiro atoms. The number of halogens is 2. The number of aliphatic hydroxyl groups excluding tert-OH is 1. The molecule has 4 aromatic rings. The lowest BCUT2D eigenvalue weighted by molar-refractivity contribution is 0.0474. The average molecular weight is 485 g/mol. The minimum Gasteiger partial charge on any atom is -0.391 e. The Morgan fingerprint density at radius 3 is 2.91 bits per heavy atom. The van der Waals surface area contributed by atoms with Gasteiger partial charge < -0.3 is 20.3 Å². The van der Waals surface area contributed by atoms with E-state index >= 15 is 0 Å². The lowest BCUT2D eigenvalue weighted by Crippen LogP contribution is -2.42. The van der Waals surface area contributed by atoms with Crippen LogP contribution in [0.1, 0.15) is 42.0 Å². The standard InChI is InChI=1S/C23H22Cl2N6O2/c1-12(21-29-18-5-4-13(24)7-20(18)30-21)28-22-16-8-17(25)15(9-19(16)26-11-27-22)23(33)31-6-2-3-14(32)10-31/h4-5,7-9,11-12,14,32H,2-3,6,10H2,1H3,(H,29,30)(H,26,27,28). The van der Waals surface area contributed by atoms with Crippen molar-refractivity contribution in [3.8, 4) is 0 Å². The largest absolute Gasteiger partial charge is 0.391 e. The van der Waals surface area contributed by atoms with E-state index in [-0.39, 0.29) is 11.9 Å².